The van der Waals surface area contributed by atoms with Crippen LogP contribution in [0.1, 0.15) is 21.3 Å². The quantitative estimate of drug-likeness (QED) is 0.847. The number of carbonyl (C=O) groups is 2. The van der Waals surface area contributed by atoms with Crippen molar-refractivity contribution in [3.05, 3.63) is 51.2 Å². The Morgan fingerprint density at radius 1 is 1.38 bits per heavy atom. The molecule has 0 saturated heterocycles. The lowest BCUT2D eigenvalue weighted by Gasteiger charge is -2.12. The topological polar surface area (TPSA) is 81.4 Å². The van der Waals surface area contributed by atoms with E-state index in [1.807, 2.05) is 11.4 Å². The molecule has 0 bridgehead atoms. The van der Waals surface area contributed by atoms with Crippen LogP contribution in [0.5, 0.6) is 0 Å². The fraction of sp³-hybridized carbons (Fsp3) is 0.143. The van der Waals surface area contributed by atoms with Gasteiger partial charge < -0.3 is 15.8 Å². The van der Waals surface area contributed by atoms with E-state index in [0.717, 1.165) is 4.88 Å². The molecule has 0 aliphatic carbocycles. The third-order valence-electron chi connectivity index (χ3n) is 2.78. The van der Waals surface area contributed by atoms with E-state index in [9.17, 15) is 9.59 Å². The Labute approximate surface area is 130 Å². The Bertz CT molecular complexity index is 658. The molecule has 21 heavy (non-hydrogen) atoms. The van der Waals surface area contributed by atoms with Gasteiger partial charge in [-0.25, -0.2) is 4.79 Å². The van der Waals surface area contributed by atoms with Gasteiger partial charge in [0.1, 0.15) is 6.04 Å². The first kappa shape index (κ1) is 15.5. The number of hydrogen-bond acceptors (Lipinski definition) is 5. The summed E-state index contributed by atoms with van der Waals surface area (Å²) in [5.74, 6) is -0.911. The number of rotatable bonds is 4. The zero-order valence-electron chi connectivity index (χ0n) is 11.1. The number of thiophene rings is 1. The average Bonchev–Trinajstić information content (AvgIpc) is 3.02. The van der Waals surface area contributed by atoms with E-state index in [-0.39, 0.29) is 0 Å². The molecule has 1 unspecified atom stereocenters. The molecule has 1 aromatic heterocycles. The largest absolute Gasteiger partial charge is 0.465 e. The summed E-state index contributed by atoms with van der Waals surface area (Å²) in [5, 5.41) is 4.78. The number of amides is 1. The minimum atomic E-state index is -0.789. The highest BCUT2D eigenvalue weighted by atomic mass is 35.5. The number of nitrogens with one attached hydrogen (secondary N) is 1. The summed E-state index contributed by atoms with van der Waals surface area (Å²) in [6.07, 6.45) is 0. The normalized spacial score (nSPS) is 11.8. The zero-order valence-corrected chi connectivity index (χ0v) is 12.7. The number of methoxy groups -OCH3 is 1. The Hall–Kier alpha value is -1.89. The van der Waals surface area contributed by atoms with Gasteiger partial charge >= 0.3 is 5.97 Å². The van der Waals surface area contributed by atoms with Gasteiger partial charge in [0.25, 0.3) is 0 Å². The Balaban J connectivity index is 2.19. The number of anilines is 1. The van der Waals surface area contributed by atoms with Gasteiger partial charge in [-0.05, 0) is 29.6 Å². The van der Waals surface area contributed by atoms with Crippen molar-refractivity contribution in [2.45, 2.75) is 6.04 Å². The molecular formula is C14H13ClN2O3S. The van der Waals surface area contributed by atoms with Crippen LogP contribution in [0.4, 0.5) is 5.69 Å². The number of carbonyl (C=O) groups excluding carboxylic acids is 2. The zero-order chi connectivity index (χ0) is 15.4. The average molecular weight is 325 g/mol. The van der Waals surface area contributed by atoms with Crippen LogP contribution in [-0.2, 0) is 9.53 Å². The second kappa shape index (κ2) is 6.71. The number of nitrogens with two attached hydrogens (primary N) is 1. The molecule has 7 heteroatoms. The van der Waals surface area contributed by atoms with E-state index >= 15 is 0 Å². The van der Waals surface area contributed by atoms with Crippen LogP contribution in [0.3, 0.4) is 0 Å². The minimum Gasteiger partial charge on any atom is -0.465 e. The SMILES string of the molecule is COC(=O)c1ccc(Cl)c(NC(=O)C(N)c2cccs2)c1. The number of ether oxygens (including phenoxy) is 1. The van der Waals surface area contributed by atoms with Crippen LogP contribution >= 0.6 is 22.9 Å². The number of esters is 1. The number of hydrogen-bond donors (Lipinski definition) is 2. The van der Waals surface area contributed by atoms with Gasteiger partial charge in [-0.15, -0.1) is 11.3 Å². The summed E-state index contributed by atoms with van der Waals surface area (Å²) in [6.45, 7) is 0. The first-order valence-corrected chi connectivity index (χ1v) is 7.26. The van der Waals surface area contributed by atoms with Crippen molar-refractivity contribution < 1.29 is 14.3 Å². The van der Waals surface area contributed by atoms with Crippen molar-refractivity contribution in [3.8, 4) is 0 Å². The van der Waals surface area contributed by atoms with Gasteiger partial charge in [0.05, 0.1) is 23.4 Å². The van der Waals surface area contributed by atoms with Crippen LogP contribution in [0.15, 0.2) is 35.7 Å². The lowest BCUT2D eigenvalue weighted by atomic mass is 10.2. The van der Waals surface area contributed by atoms with Crippen molar-refractivity contribution in [2.24, 2.45) is 5.73 Å². The molecule has 0 saturated carbocycles. The van der Waals surface area contributed by atoms with E-state index in [1.54, 1.807) is 6.07 Å². The van der Waals surface area contributed by atoms with Crippen molar-refractivity contribution in [1.29, 1.82) is 0 Å². The molecule has 1 aromatic carbocycles. The van der Waals surface area contributed by atoms with Gasteiger partial charge in [-0.3, -0.25) is 4.79 Å². The van der Waals surface area contributed by atoms with Crippen molar-refractivity contribution in [1.82, 2.24) is 0 Å². The number of halogens is 1. The first-order chi connectivity index (χ1) is 10.0. The maximum absolute atomic E-state index is 12.1. The second-order valence-electron chi connectivity index (χ2n) is 4.17. The minimum absolute atomic E-state index is 0.293. The van der Waals surface area contributed by atoms with E-state index in [0.29, 0.717) is 16.3 Å². The van der Waals surface area contributed by atoms with E-state index in [1.165, 1.54) is 36.6 Å². The van der Waals surface area contributed by atoms with Crippen molar-refractivity contribution in [3.63, 3.8) is 0 Å². The van der Waals surface area contributed by atoms with E-state index < -0.39 is 17.9 Å². The molecule has 110 valence electrons. The molecule has 1 atom stereocenters. The molecule has 0 aliphatic rings. The monoisotopic (exact) mass is 324 g/mol. The third kappa shape index (κ3) is 3.60. The molecular weight excluding hydrogens is 312 g/mol. The van der Waals surface area contributed by atoms with Gasteiger partial charge in [0.2, 0.25) is 5.91 Å². The maximum atomic E-state index is 12.1. The third-order valence-corrected chi connectivity index (χ3v) is 4.06. The van der Waals surface area contributed by atoms with E-state index in [2.05, 4.69) is 10.1 Å². The van der Waals surface area contributed by atoms with Crippen molar-refractivity contribution >= 4 is 40.5 Å². The summed E-state index contributed by atoms with van der Waals surface area (Å²) in [6, 6.07) is 7.29. The molecule has 2 rings (SSSR count). The molecule has 3 N–H and O–H groups in total. The standard InChI is InChI=1S/C14H13ClN2O3S/c1-20-14(19)8-4-5-9(15)10(7-8)17-13(18)12(16)11-3-2-6-21-11/h2-7,12H,16H2,1H3,(H,17,18). The van der Waals surface area contributed by atoms with Crippen LogP contribution in [0.2, 0.25) is 5.02 Å². The summed E-state index contributed by atoms with van der Waals surface area (Å²) < 4.78 is 4.62. The highest BCUT2D eigenvalue weighted by Crippen LogP contribution is 2.25. The van der Waals surface area contributed by atoms with Crippen LogP contribution in [0.25, 0.3) is 0 Å². The molecule has 1 heterocycles. The number of benzene rings is 1. The lowest BCUT2D eigenvalue weighted by molar-refractivity contribution is -0.117. The van der Waals surface area contributed by atoms with Crippen LogP contribution in [0, 0.1) is 0 Å². The van der Waals surface area contributed by atoms with Gasteiger partial charge in [0.15, 0.2) is 0 Å². The fourth-order valence-electron chi connectivity index (χ4n) is 1.67. The van der Waals surface area contributed by atoms with E-state index in [4.69, 9.17) is 17.3 Å². The molecule has 2 aromatic rings. The smallest absolute Gasteiger partial charge is 0.337 e. The summed E-state index contributed by atoms with van der Waals surface area (Å²) in [7, 11) is 1.28. The predicted octanol–water partition coefficient (Wildman–Crippen LogP) is 2.83. The highest BCUT2D eigenvalue weighted by Gasteiger charge is 2.18. The predicted molar refractivity (Wildman–Crippen MR) is 82.7 cm³/mol. The van der Waals surface area contributed by atoms with Crippen molar-refractivity contribution in [2.75, 3.05) is 12.4 Å². The molecule has 0 spiro atoms. The van der Waals surface area contributed by atoms with Gasteiger partial charge in [-0.2, -0.15) is 0 Å². The molecule has 0 aliphatic heterocycles. The second-order valence-corrected chi connectivity index (χ2v) is 5.56. The van der Waals surface area contributed by atoms with Crippen LogP contribution < -0.4 is 11.1 Å². The Kier molecular flexibility index (Phi) is 4.95. The fourth-order valence-corrected chi connectivity index (χ4v) is 2.56. The molecule has 0 fully saturated rings. The summed E-state index contributed by atoms with van der Waals surface area (Å²) >= 11 is 7.41. The molecule has 1 amide bonds. The first-order valence-electron chi connectivity index (χ1n) is 6.00. The summed E-state index contributed by atoms with van der Waals surface area (Å²) in [5.41, 5.74) is 6.48. The lowest BCUT2D eigenvalue weighted by Crippen LogP contribution is -2.27. The van der Waals surface area contributed by atoms with Gasteiger partial charge in [0, 0.05) is 4.88 Å². The maximum Gasteiger partial charge on any atom is 0.337 e. The summed E-state index contributed by atoms with van der Waals surface area (Å²) in [4.78, 5) is 24.3. The highest BCUT2D eigenvalue weighted by molar-refractivity contribution is 7.10. The molecule has 5 nitrogen and oxygen atoms in total. The van der Waals surface area contributed by atoms with Gasteiger partial charge in [-0.1, -0.05) is 17.7 Å². The Morgan fingerprint density at radius 3 is 2.76 bits per heavy atom. The molecule has 0 radical (unpaired) electrons. The van der Waals surface area contributed by atoms with Crippen LogP contribution in [-0.4, -0.2) is 19.0 Å². The Morgan fingerprint density at radius 2 is 2.14 bits per heavy atom.